The van der Waals surface area contributed by atoms with Crippen molar-refractivity contribution in [3.63, 3.8) is 0 Å². The maximum atomic E-state index is 12.3. The Morgan fingerprint density at radius 1 is 1.43 bits per heavy atom. The van der Waals surface area contributed by atoms with Crippen molar-refractivity contribution in [3.8, 4) is 0 Å². The lowest BCUT2D eigenvalue weighted by molar-refractivity contribution is 0.0696. The smallest absolute Gasteiger partial charge is 0.335 e. The molecule has 0 aliphatic rings. The molecule has 0 unspecified atom stereocenters. The molecular weight excluding hydrogens is 292 g/mol. The Bertz CT molecular complexity index is 611. The molecule has 0 amide bonds. The number of carbonyl (C=O) groups is 1. The van der Waals surface area contributed by atoms with E-state index in [0.29, 0.717) is 25.2 Å². The largest absolute Gasteiger partial charge is 0.478 e. The van der Waals surface area contributed by atoms with Crippen molar-refractivity contribution in [1.29, 1.82) is 0 Å². The Balaban J connectivity index is 3.17. The van der Waals surface area contributed by atoms with Gasteiger partial charge >= 0.3 is 5.97 Å². The topological polar surface area (TPSA) is 95.5 Å². The molecule has 0 fully saturated rings. The summed E-state index contributed by atoms with van der Waals surface area (Å²) in [6.45, 7) is 6.20. The second kappa shape index (κ2) is 7.80. The van der Waals surface area contributed by atoms with Crippen LogP contribution in [0.5, 0.6) is 0 Å². The summed E-state index contributed by atoms with van der Waals surface area (Å²) in [6.07, 6.45) is 3.17. The van der Waals surface area contributed by atoms with Gasteiger partial charge in [0.15, 0.2) is 0 Å². The molecular formula is C14H20N2O4S. The second-order valence-corrected chi connectivity index (χ2v) is 6.17. The number of carboxylic acids is 1. The minimum Gasteiger partial charge on any atom is -0.478 e. The van der Waals surface area contributed by atoms with Gasteiger partial charge in [-0.15, -0.1) is 6.58 Å². The molecule has 0 spiro atoms. The van der Waals surface area contributed by atoms with E-state index < -0.39 is 16.0 Å². The molecule has 0 bridgehead atoms. The molecule has 0 saturated heterocycles. The molecule has 1 rings (SSSR count). The van der Waals surface area contributed by atoms with Gasteiger partial charge in [-0.05, 0) is 24.6 Å². The van der Waals surface area contributed by atoms with Gasteiger partial charge in [-0.2, -0.15) is 0 Å². The van der Waals surface area contributed by atoms with Crippen LogP contribution >= 0.6 is 0 Å². The van der Waals surface area contributed by atoms with Crippen molar-refractivity contribution >= 4 is 21.7 Å². The quantitative estimate of drug-likeness (QED) is 0.479. The number of aromatic carboxylic acids is 1. The van der Waals surface area contributed by atoms with Crippen molar-refractivity contribution in [2.45, 2.75) is 24.7 Å². The van der Waals surface area contributed by atoms with Gasteiger partial charge < -0.3 is 10.4 Å². The molecule has 0 aliphatic heterocycles. The number of unbranched alkanes of at least 4 members (excludes halogenated alkanes) is 1. The van der Waals surface area contributed by atoms with E-state index in [-0.39, 0.29) is 10.5 Å². The molecule has 0 saturated carbocycles. The highest BCUT2D eigenvalue weighted by atomic mass is 32.2. The zero-order valence-corrected chi connectivity index (χ0v) is 12.7. The zero-order chi connectivity index (χ0) is 15.9. The number of sulfonamides is 1. The van der Waals surface area contributed by atoms with Gasteiger partial charge in [-0.25, -0.2) is 17.9 Å². The van der Waals surface area contributed by atoms with E-state index in [9.17, 15) is 13.2 Å². The standard InChI is InChI=1S/C14H20N2O4S/c1-3-5-9-16-21(19,20)13-10-11(14(17)18)6-7-12(13)15-8-4-2/h4,6-7,10,15-16H,2-3,5,8-9H2,1H3,(H,17,18). The van der Waals surface area contributed by atoms with Crippen LogP contribution in [0, 0.1) is 0 Å². The fourth-order valence-electron chi connectivity index (χ4n) is 1.67. The summed E-state index contributed by atoms with van der Waals surface area (Å²) in [5.74, 6) is -1.17. The van der Waals surface area contributed by atoms with Crippen LogP contribution in [-0.4, -0.2) is 32.6 Å². The summed E-state index contributed by atoms with van der Waals surface area (Å²) in [6, 6.07) is 3.96. The number of nitrogens with one attached hydrogen (secondary N) is 2. The van der Waals surface area contributed by atoms with E-state index in [1.807, 2.05) is 6.92 Å². The van der Waals surface area contributed by atoms with Crippen LogP contribution in [0.1, 0.15) is 30.1 Å². The first-order chi connectivity index (χ1) is 9.92. The molecule has 1 aromatic rings. The monoisotopic (exact) mass is 312 g/mol. The Kier molecular flexibility index (Phi) is 6.39. The molecule has 0 heterocycles. The molecule has 3 N–H and O–H groups in total. The van der Waals surface area contributed by atoms with Gasteiger partial charge in [-0.3, -0.25) is 0 Å². The molecule has 0 atom stereocenters. The summed E-state index contributed by atoms with van der Waals surface area (Å²) >= 11 is 0. The zero-order valence-electron chi connectivity index (χ0n) is 11.9. The molecule has 21 heavy (non-hydrogen) atoms. The number of hydrogen-bond donors (Lipinski definition) is 3. The average Bonchev–Trinajstić information content (AvgIpc) is 2.45. The van der Waals surface area contributed by atoms with Gasteiger partial charge in [-0.1, -0.05) is 19.4 Å². The van der Waals surface area contributed by atoms with Crippen molar-refractivity contribution in [2.75, 3.05) is 18.4 Å². The molecule has 0 radical (unpaired) electrons. The first-order valence-corrected chi connectivity index (χ1v) is 8.12. The van der Waals surface area contributed by atoms with E-state index in [2.05, 4.69) is 16.6 Å². The summed E-state index contributed by atoms with van der Waals surface area (Å²) in [7, 11) is -3.76. The number of rotatable bonds is 9. The van der Waals surface area contributed by atoms with Crippen LogP contribution in [0.15, 0.2) is 35.7 Å². The molecule has 6 nitrogen and oxygen atoms in total. The van der Waals surface area contributed by atoms with Crippen LogP contribution in [0.25, 0.3) is 0 Å². The van der Waals surface area contributed by atoms with Crippen molar-refractivity contribution < 1.29 is 18.3 Å². The first-order valence-electron chi connectivity index (χ1n) is 6.64. The van der Waals surface area contributed by atoms with E-state index in [1.165, 1.54) is 12.1 Å². The van der Waals surface area contributed by atoms with Crippen LogP contribution in [0.4, 0.5) is 5.69 Å². The lowest BCUT2D eigenvalue weighted by atomic mass is 10.2. The Hall–Kier alpha value is -1.86. The van der Waals surface area contributed by atoms with Crippen LogP contribution in [0.2, 0.25) is 0 Å². The summed E-state index contributed by atoms with van der Waals surface area (Å²) in [5.41, 5.74) is 0.277. The second-order valence-electron chi connectivity index (χ2n) is 4.44. The minimum atomic E-state index is -3.76. The number of anilines is 1. The maximum absolute atomic E-state index is 12.3. The number of hydrogen-bond acceptors (Lipinski definition) is 4. The Morgan fingerprint density at radius 2 is 2.14 bits per heavy atom. The van der Waals surface area contributed by atoms with Gasteiger partial charge in [0, 0.05) is 13.1 Å². The van der Waals surface area contributed by atoms with E-state index in [1.54, 1.807) is 6.08 Å². The third-order valence-corrected chi connectivity index (χ3v) is 4.28. The summed E-state index contributed by atoms with van der Waals surface area (Å²) in [4.78, 5) is 10.9. The normalized spacial score (nSPS) is 11.1. The highest BCUT2D eigenvalue weighted by Crippen LogP contribution is 2.23. The maximum Gasteiger partial charge on any atom is 0.335 e. The lowest BCUT2D eigenvalue weighted by Crippen LogP contribution is -2.26. The predicted molar refractivity (Wildman–Crippen MR) is 82.2 cm³/mol. The van der Waals surface area contributed by atoms with Gasteiger partial charge in [0.1, 0.15) is 4.90 Å². The lowest BCUT2D eigenvalue weighted by Gasteiger charge is -2.13. The van der Waals surface area contributed by atoms with Crippen molar-refractivity contribution in [3.05, 3.63) is 36.4 Å². The fourth-order valence-corrected chi connectivity index (χ4v) is 2.95. The van der Waals surface area contributed by atoms with E-state index in [4.69, 9.17) is 5.11 Å². The van der Waals surface area contributed by atoms with Gasteiger partial charge in [0.2, 0.25) is 10.0 Å². The number of carboxylic acid groups (broad SMARTS) is 1. The molecule has 0 aromatic heterocycles. The molecule has 116 valence electrons. The SMILES string of the molecule is C=CCNc1ccc(C(=O)O)cc1S(=O)(=O)NCCCC. The predicted octanol–water partition coefficient (Wildman–Crippen LogP) is 2.06. The van der Waals surface area contributed by atoms with Crippen LogP contribution in [-0.2, 0) is 10.0 Å². The fraction of sp³-hybridized carbons (Fsp3) is 0.357. The highest BCUT2D eigenvalue weighted by Gasteiger charge is 2.20. The molecule has 7 heteroatoms. The first kappa shape index (κ1) is 17.2. The molecule has 0 aliphatic carbocycles. The third-order valence-electron chi connectivity index (χ3n) is 2.78. The molecule has 1 aromatic carbocycles. The van der Waals surface area contributed by atoms with Gasteiger partial charge in [0.25, 0.3) is 0 Å². The summed E-state index contributed by atoms with van der Waals surface area (Å²) < 4.78 is 27.1. The minimum absolute atomic E-state index is 0.0691. The van der Waals surface area contributed by atoms with Crippen molar-refractivity contribution in [2.24, 2.45) is 0 Å². The number of benzene rings is 1. The summed E-state index contributed by atoms with van der Waals surface area (Å²) in [5, 5.41) is 11.9. The van der Waals surface area contributed by atoms with Crippen molar-refractivity contribution in [1.82, 2.24) is 4.72 Å². The Labute approximate surface area is 124 Å². The van der Waals surface area contributed by atoms with E-state index in [0.717, 1.165) is 12.5 Å². The highest BCUT2D eigenvalue weighted by molar-refractivity contribution is 7.89. The van der Waals surface area contributed by atoms with Crippen LogP contribution < -0.4 is 10.0 Å². The van der Waals surface area contributed by atoms with Crippen LogP contribution in [0.3, 0.4) is 0 Å². The third kappa shape index (κ3) is 4.87. The van der Waals surface area contributed by atoms with E-state index >= 15 is 0 Å². The Morgan fingerprint density at radius 3 is 2.71 bits per heavy atom. The average molecular weight is 312 g/mol. The van der Waals surface area contributed by atoms with Gasteiger partial charge in [0.05, 0.1) is 11.3 Å².